The summed E-state index contributed by atoms with van der Waals surface area (Å²) in [5.74, 6) is 0.276. The van der Waals surface area contributed by atoms with Gasteiger partial charge in [0.2, 0.25) is 0 Å². The van der Waals surface area contributed by atoms with E-state index in [1.165, 1.54) is 24.3 Å². The van der Waals surface area contributed by atoms with Crippen LogP contribution in [0, 0.1) is 15.5 Å². The van der Waals surface area contributed by atoms with Gasteiger partial charge in [-0.2, -0.15) is 0 Å². The number of rotatable bonds is 2. The molecule has 0 bridgehead atoms. The van der Waals surface area contributed by atoms with Gasteiger partial charge in [-0.15, -0.1) is 0 Å². The molecule has 9 heteroatoms. The second-order valence-corrected chi connectivity index (χ2v) is 8.76. The molecule has 2 amide bonds. The molecule has 0 unspecified atom stereocenters. The zero-order valence-corrected chi connectivity index (χ0v) is 17.1. The van der Waals surface area contributed by atoms with Crippen molar-refractivity contribution in [1.82, 2.24) is 9.80 Å². The van der Waals surface area contributed by atoms with Gasteiger partial charge in [0.05, 0.1) is 4.92 Å². The molecule has 3 rings (SSSR count). The molecule has 0 atom stereocenters. The number of hydrogen-bond acceptors (Lipinski definition) is 6. The molecule has 2 heterocycles. The van der Waals surface area contributed by atoms with Crippen LogP contribution >= 0.6 is 0 Å². The smallest absolute Gasteiger partial charge is 0.415 e. The van der Waals surface area contributed by atoms with Crippen molar-refractivity contribution < 1.29 is 24.0 Å². The van der Waals surface area contributed by atoms with Crippen LogP contribution in [0.3, 0.4) is 0 Å². The van der Waals surface area contributed by atoms with Gasteiger partial charge in [0.25, 0.3) is 5.69 Å². The molecule has 9 nitrogen and oxygen atoms in total. The molecular formula is C20H27N3O6. The predicted molar refractivity (Wildman–Crippen MR) is 105 cm³/mol. The largest absolute Gasteiger partial charge is 0.444 e. The molecule has 1 spiro atoms. The minimum Gasteiger partial charge on any atom is -0.444 e. The fourth-order valence-electron chi connectivity index (χ4n) is 3.79. The standard InChI is InChI=1S/C20H27N3O6/c1-19(2,3)29-18(25)22-13-10-20(14-22)8-11-21(12-9-20)17(24)28-16-6-4-15(5-7-16)23(26)27/h4-7H,8-14H2,1-3H3. The Morgan fingerprint density at radius 3 is 2.07 bits per heavy atom. The van der Waals surface area contributed by atoms with Crippen LogP contribution < -0.4 is 4.74 Å². The van der Waals surface area contributed by atoms with Crippen molar-refractivity contribution in [3.63, 3.8) is 0 Å². The Morgan fingerprint density at radius 2 is 1.55 bits per heavy atom. The number of piperidine rings is 1. The number of ether oxygens (including phenoxy) is 2. The van der Waals surface area contributed by atoms with Crippen LogP contribution in [-0.2, 0) is 4.74 Å². The second-order valence-electron chi connectivity index (χ2n) is 8.76. The first-order chi connectivity index (χ1) is 13.6. The van der Waals surface area contributed by atoms with Crippen molar-refractivity contribution >= 4 is 17.9 Å². The molecule has 0 aromatic heterocycles. The van der Waals surface area contributed by atoms with Gasteiger partial charge < -0.3 is 19.3 Å². The molecule has 29 heavy (non-hydrogen) atoms. The van der Waals surface area contributed by atoms with Gasteiger partial charge >= 0.3 is 12.2 Å². The summed E-state index contributed by atoms with van der Waals surface area (Å²) >= 11 is 0. The Kier molecular flexibility index (Phi) is 5.68. The first kappa shape index (κ1) is 20.9. The number of benzene rings is 1. The van der Waals surface area contributed by atoms with E-state index in [9.17, 15) is 19.7 Å². The van der Waals surface area contributed by atoms with Gasteiger partial charge in [0.15, 0.2) is 0 Å². The lowest BCUT2D eigenvalue weighted by molar-refractivity contribution is -0.384. The van der Waals surface area contributed by atoms with Gasteiger partial charge in [0, 0.05) is 38.3 Å². The normalized spacial score (nSPS) is 18.6. The van der Waals surface area contributed by atoms with Crippen molar-refractivity contribution in [3.8, 4) is 5.75 Å². The zero-order valence-electron chi connectivity index (χ0n) is 17.1. The van der Waals surface area contributed by atoms with E-state index in [4.69, 9.17) is 9.47 Å². The molecule has 2 aliphatic heterocycles. The Morgan fingerprint density at radius 1 is 1.00 bits per heavy atom. The summed E-state index contributed by atoms with van der Waals surface area (Å²) in [6, 6.07) is 5.43. The second kappa shape index (κ2) is 7.88. The molecule has 2 aliphatic rings. The SMILES string of the molecule is CC(C)(C)OC(=O)N1CCC2(CCN(C(=O)Oc3ccc([N+](=O)[O-])cc3)CC2)C1. The first-order valence-corrected chi connectivity index (χ1v) is 9.76. The summed E-state index contributed by atoms with van der Waals surface area (Å²) in [6.07, 6.45) is 1.74. The summed E-state index contributed by atoms with van der Waals surface area (Å²) in [7, 11) is 0. The van der Waals surface area contributed by atoms with E-state index in [2.05, 4.69) is 0 Å². The Hall–Kier alpha value is -2.84. The highest BCUT2D eigenvalue weighted by molar-refractivity contribution is 5.71. The van der Waals surface area contributed by atoms with Crippen LogP contribution in [0.5, 0.6) is 5.75 Å². The minimum atomic E-state index is -0.516. The van der Waals surface area contributed by atoms with E-state index < -0.39 is 16.6 Å². The molecule has 0 radical (unpaired) electrons. The lowest BCUT2D eigenvalue weighted by Crippen LogP contribution is -2.46. The monoisotopic (exact) mass is 405 g/mol. The summed E-state index contributed by atoms with van der Waals surface area (Å²) in [6.45, 7) is 7.97. The number of likely N-dealkylation sites (tertiary alicyclic amines) is 2. The lowest BCUT2D eigenvalue weighted by atomic mass is 9.78. The van der Waals surface area contributed by atoms with E-state index in [-0.39, 0.29) is 22.9 Å². The van der Waals surface area contributed by atoms with E-state index in [1.54, 1.807) is 9.80 Å². The number of nitro groups is 1. The minimum absolute atomic E-state index is 0.0149. The van der Waals surface area contributed by atoms with Crippen molar-refractivity contribution in [2.75, 3.05) is 26.2 Å². The van der Waals surface area contributed by atoms with Crippen molar-refractivity contribution in [2.24, 2.45) is 5.41 Å². The molecule has 0 N–H and O–H groups in total. The molecule has 2 saturated heterocycles. The number of nitro benzene ring substituents is 1. The quantitative estimate of drug-likeness (QED) is 0.547. The first-order valence-electron chi connectivity index (χ1n) is 9.76. The molecule has 1 aromatic carbocycles. The molecule has 0 saturated carbocycles. The van der Waals surface area contributed by atoms with Gasteiger partial charge in [-0.05, 0) is 57.6 Å². The van der Waals surface area contributed by atoms with Crippen LogP contribution in [0.15, 0.2) is 24.3 Å². The fraction of sp³-hybridized carbons (Fsp3) is 0.600. The topological polar surface area (TPSA) is 102 Å². The fourth-order valence-corrected chi connectivity index (χ4v) is 3.79. The number of amides is 2. The van der Waals surface area contributed by atoms with E-state index in [0.717, 1.165) is 19.3 Å². The van der Waals surface area contributed by atoms with E-state index in [0.29, 0.717) is 26.2 Å². The van der Waals surface area contributed by atoms with Crippen LogP contribution in [0.2, 0.25) is 0 Å². The van der Waals surface area contributed by atoms with Gasteiger partial charge in [0.1, 0.15) is 11.4 Å². The van der Waals surface area contributed by atoms with Gasteiger partial charge in [-0.1, -0.05) is 0 Å². The molecular weight excluding hydrogens is 378 g/mol. The van der Waals surface area contributed by atoms with Crippen LogP contribution in [-0.4, -0.2) is 58.7 Å². The van der Waals surface area contributed by atoms with Crippen LogP contribution in [0.4, 0.5) is 15.3 Å². The third-order valence-electron chi connectivity index (χ3n) is 5.43. The van der Waals surface area contributed by atoms with Crippen LogP contribution in [0.1, 0.15) is 40.0 Å². The number of non-ortho nitro benzene ring substituents is 1. The maximum atomic E-state index is 12.4. The Balaban J connectivity index is 1.50. The molecule has 1 aromatic rings. The Labute approximate surface area is 169 Å². The van der Waals surface area contributed by atoms with E-state index >= 15 is 0 Å². The maximum Gasteiger partial charge on any atom is 0.415 e. The number of hydrogen-bond donors (Lipinski definition) is 0. The summed E-state index contributed by atoms with van der Waals surface area (Å²) in [5, 5.41) is 10.7. The van der Waals surface area contributed by atoms with Crippen LogP contribution in [0.25, 0.3) is 0 Å². The molecule has 2 fully saturated rings. The summed E-state index contributed by atoms with van der Waals surface area (Å²) < 4.78 is 10.8. The van der Waals surface area contributed by atoms with Crippen molar-refractivity contribution in [1.29, 1.82) is 0 Å². The Bertz CT molecular complexity index is 778. The highest BCUT2D eigenvalue weighted by Crippen LogP contribution is 2.41. The average molecular weight is 405 g/mol. The third kappa shape index (κ3) is 5.16. The summed E-state index contributed by atoms with van der Waals surface area (Å²) in [5.41, 5.74) is -0.556. The number of carbonyl (C=O) groups is 2. The van der Waals surface area contributed by atoms with Crippen molar-refractivity contribution in [2.45, 2.75) is 45.6 Å². The average Bonchev–Trinajstić information content (AvgIpc) is 3.05. The van der Waals surface area contributed by atoms with E-state index in [1.807, 2.05) is 20.8 Å². The highest BCUT2D eigenvalue weighted by Gasteiger charge is 2.44. The number of nitrogens with zero attached hydrogens (tertiary/aromatic N) is 3. The zero-order chi connectivity index (χ0) is 21.2. The van der Waals surface area contributed by atoms with Gasteiger partial charge in [-0.25, -0.2) is 9.59 Å². The highest BCUT2D eigenvalue weighted by atomic mass is 16.6. The number of carbonyl (C=O) groups excluding carboxylic acids is 2. The van der Waals surface area contributed by atoms with Crippen molar-refractivity contribution in [3.05, 3.63) is 34.4 Å². The molecule has 158 valence electrons. The molecule has 0 aliphatic carbocycles. The lowest BCUT2D eigenvalue weighted by Gasteiger charge is -2.38. The third-order valence-corrected chi connectivity index (χ3v) is 5.43. The summed E-state index contributed by atoms with van der Waals surface area (Å²) in [4.78, 5) is 38.3. The predicted octanol–water partition coefficient (Wildman–Crippen LogP) is 3.82. The maximum absolute atomic E-state index is 12.4. The van der Waals surface area contributed by atoms with Gasteiger partial charge in [-0.3, -0.25) is 10.1 Å².